The van der Waals surface area contributed by atoms with E-state index in [9.17, 15) is 14.4 Å². The normalized spacial score (nSPS) is 16.2. The van der Waals surface area contributed by atoms with Crippen LogP contribution in [0.3, 0.4) is 0 Å². The summed E-state index contributed by atoms with van der Waals surface area (Å²) in [4.78, 5) is 35.4. The first-order valence-corrected chi connectivity index (χ1v) is 5.07. The zero-order chi connectivity index (χ0) is 11.7. The summed E-state index contributed by atoms with van der Waals surface area (Å²) < 4.78 is 0. The Morgan fingerprint density at radius 1 is 1.19 bits per heavy atom. The zero-order valence-electron chi connectivity index (χ0n) is 8.84. The summed E-state index contributed by atoms with van der Waals surface area (Å²) in [5, 5.41) is 0. The molecular weight excluding hydrogens is 206 g/mol. The predicted octanol–water partition coefficient (Wildman–Crippen LogP) is 1.26. The van der Waals surface area contributed by atoms with E-state index in [4.69, 9.17) is 0 Å². The minimum atomic E-state index is -0.384. The number of fused-ring (bicyclic) bond motifs is 1. The summed E-state index contributed by atoms with van der Waals surface area (Å²) in [5.41, 5.74) is 0.843. The SMILES string of the molecule is CC(CC=O)N1C(=O)c2ccccc2C1=O. The van der Waals surface area contributed by atoms with Gasteiger partial charge in [0.15, 0.2) is 0 Å². The Bertz CT molecular complexity index is 432. The molecule has 0 aliphatic carbocycles. The Labute approximate surface area is 92.9 Å². The molecule has 0 saturated carbocycles. The quantitative estimate of drug-likeness (QED) is 0.565. The maximum atomic E-state index is 11.9. The van der Waals surface area contributed by atoms with Crippen molar-refractivity contribution in [3.05, 3.63) is 35.4 Å². The first-order valence-electron chi connectivity index (χ1n) is 5.07. The van der Waals surface area contributed by atoms with Crippen molar-refractivity contribution >= 4 is 18.1 Å². The van der Waals surface area contributed by atoms with Gasteiger partial charge in [-0.05, 0) is 19.1 Å². The second-order valence-electron chi connectivity index (χ2n) is 3.78. The summed E-state index contributed by atoms with van der Waals surface area (Å²) in [6.07, 6.45) is 0.889. The fraction of sp³-hybridized carbons (Fsp3) is 0.250. The van der Waals surface area contributed by atoms with Crippen LogP contribution in [0.25, 0.3) is 0 Å². The van der Waals surface area contributed by atoms with Crippen molar-refractivity contribution < 1.29 is 14.4 Å². The third-order valence-electron chi connectivity index (χ3n) is 2.70. The Morgan fingerprint density at radius 2 is 1.69 bits per heavy atom. The Kier molecular flexibility index (Phi) is 2.56. The lowest BCUT2D eigenvalue weighted by molar-refractivity contribution is -0.108. The van der Waals surface area contributed by atoms with Gasteiger partial charge in [0.1, 0.15) is 6.29 Å². The molecular formula is C12H11NO3. The average Bonchev–Trinajstić information content (AvgIpc) is 2.53. The first kappa shape index (κ1) is 10.5. The van der Waals surface area contributed by atoms with Crippen molar-refractivity contribution in [2.24, 2.45) is 0 Å². The maximum Gasteiger partial charge on any atom is 0.261 e. The van der Waals surface area contributed by atoms with Crippen LogP contribution in [-0.2, 0) is 4.79 Å². The lowest BCUT2D eigenvalue weighted by atomic mass is 10.1. The molecule has 0 spiro atoms. The second kappa shape index (κ2) is 3.89. The van der Waals surface area contributed by atoms with Crippen molar-refractivity contribution in [1.82, 2.24) is 4.90 Å². The topological polar surface area (TPSA) is 54.5 Å². The van der Waals surface area contributed by atoms with Crippen LogP contribution in [0.5, 0.6) is 0 Å². The smallest absolute Gasteiger partial charge is 0.261 e. The summed E-state index contributed by atoms with van der Waals surface area (Å²) in [6, 6.07) is 6.31. The number of amides is 2. The van der Waals surface area contributed by atoms with Gasteiger partial charge in [-0.25, -0.2) is 0 Å². The van der Waals surface area contributed by atoms with Crippen LogP contribution in [0, 0.1) is 0 Å². The zero-order valence-corrected chi connectivity index (χ0v) is 8.84. The third-order valence-corrected chi connectivity index (χ3v) is 2.70. The van der Waals surface area contributed by atoms with Gasteiger partial charge >= 0.3 is 0 Å². The van der Waals surface area contributed by atoms with Crippen molar-refractivity contribution in [2.45, 2.75) is 19.4 Å². The van der Waals surface area contributed by atoms with Crippen LogP contribution in [0.2, 0.25) is 0 Å². The molecule has 1 aliphatic heterocycles. The predicted molar refractivity (Wildman–Crippen MR) is 57.1 cm³/mol. The minimum Gasteiger partial charge on any atom is -0.303 e. The summed E-state index contributed by atoms with van der Waals surface area (Å²) in [6.45, 7) is 1.69. The average molecular weight is 217 g/mol. The molecule has 4 nitrogen and oxygen atoms in total. The van der Waals surface area contributed by atoms with Crippen molar-refractivity contribution in [3.63, 3.8) is 0 Å². The fourth-order valence-corrected chi connectivity index (χ4v) is 1.85. The molecule has 0 aromatic heterocycles. The van der Waals surface area contributed by atoms with E-state index in [1.54, 1.807) is 31.2 Å². The van der Waals surface area contributed by atoms with Crippen LogP contribution < -0.4 is 0 Å². The highest BCUT2D eigenvalue weighted by atomic mass is 16.2. The van der Waals surface area contributed by atoms with Crippen LogP contribution in [0.1, 0.15) is 34.1 Å². The van der Waals surface area contributed by atoms with E-state index < -0.39 is 0 Å². The highest BCUT2D eigenvalue weighted by Gasteiger charge is 2.37. The van der Waals surface area contributed by atoms with E-state index >= 15 is 0 Å². The van der Waals surface area contributed by atoms with E-state index in [0.29, 0.717) is 17.4 Å². The van der Waals surface area contributed by atoms with Crippen molar-refractivity contribution in [3.8, 4) is 0 Å². The van der Waals surface area contributed by atoms with Crippen LogP contribution >= 0.6 is 0 Å². The van der Waals surface area contributed by atoms with Gasteiger partial charge < -0.3 is 4.79 Å². The molecule has 82 valence electrons. The van der Waals surface area contributed by atoms with Gasteiger partial charge in [0, 0.05) is 12.5 Å². The van der Waals surface area contributed by atoms with Gasteiger partial charge in [0.05, 0.1) is 11.1 Å². The lowest BCUT2D eigenvalue weighted by Crippen LogP contribution is -2.38. The molecule has 1 aromatic rings. The van der Waals surface area contributed by atoms with Gasteiger partial charge in [-0.2, -0.15) is 0 Å². The van der Waals surface area contributed by atoms with E-state index in [1.807, 2.05) is 0 Å². The molecule has 0 saturated heterocycles. The molecule has 1 unspecified atom stereocenters. The molecule has 1 atom stereocenters. The van der Waals surface area contributed by atoms with E-state index in [-0.39, 0.29) is 24.3 Å². The largest absolute Gasteiger partial charge is 0.303 e. The molecule has 0 fully saturated rings. The van der Waals surface area contributed by atoms with E-state index in [0.717, 1.165) is 4.90 Å². The molecule has 16 heavy (non-hydrogen) atoms. The highest BCUT2D eigenvalue weighted by molar-refractivity contribution is 6.21. The summed E-state index contributed by atoms with van der Waals surface area (Å²) >= 11 is 0. The van der Waals surface area contributed by atoms with Gasteiger partial charge in [0.2, 0.25) is 0 Å². The molecule has 0 radical (unpaired) electrons. The lowest BCUT2D eigenvalue weighted by Gasteiger charge is -2.20. The fourth-order valence-electron chi connectivity index (χ4n) is 1.85. The van der Waals surface area contributed by atoms with Crippen molar-refractivity contribution in [2.75, 3.05) is 0 Å². The number of carbonyl (C=O) groups is 3. The molecule has 2 amide bonds. The molecule has 0 bridgehead atoms. The Balaban J connectivity index is 2.38. The Hall–Kier alpha value is -1.97. The minimum absolute atomic E-state index is 0.172. The number of nitrogens with zero attached hydrogens (tertiary/aromatic N) is 1. The van der Waals surface area contributed by atoms with Gasteiger partial charge in [0.25, 0.3) is 11.8 Å². The maximum absolute atomic E-state index is 11.9. The van der Waals surface area contributed by atoms with Gasteiger partial charge in [-0.15, -0.1) is 0 Å². The third kappa shape index (κ3) is 1.43. The number of imide groups is 1. The molecule has 1 aromatic carbocycles. The standard InChI is InChI=1S/C12H11NO3/c1-8(6-7-14)13-11(15)9-4-2-3-5-10(9)12(13)16/h2-5,7-8H,6H2,1H3. The van der Waals surface area contributed by atoms with E-state index in [1.165, 1.54) is 0 Å². The van der Waals surface area contributed by atoms with E-state index in [2.05, 4.69) is 0 Å². The van der Waals surface area contributed by atoms with Crippen LogP contribution in [-0.4, -0.2) is 29.0 Å². The first-order chi connectivity index (χ1) is 7.66. The molecule has 4 heteroatoms. The highest BCUT2D eigenvalue weighted by Crippen LogP contribution is 2.24. The number of benzene rings is 1. The van der Waals surface area contributed by atoms with Crippen molar-refractivity contribution in [1.29, 1.82) is 0 Å². The monoisotopic (exact) mass is 217 g/mol. The molecule has 1 heterocycles. The number of carbonyl (C=O) groups excluding carboxylic acids is 3. The summed E-state index contributed by atoms with van der Waals surface area (Å²) in [5.74, 6) is -0.620. The van der Waals surface area contributed by atoms with Crippen LogP contribution in [0.15, 0.2) is 24.3 Å². The number of hydrogen-bond donors (Lipinski definition) is 0. The number of hydrogen-bond acceptors (Lipinski definition) is 3. The summed E-state index contributed by atoms with van der Waals surface area (Å²) in [7, 11) is 0. The van der Waals surface area contributed by atoms with Crippen LogP contribution in [0.4, 0.5) is 0 Å². The Morgan fingerprint density at radius 3 is 2.12 bits per heavy atom. The number of aldehydes is 1. The second-order valence-corrected chi connectivity index (χ2v) is 3.78. The van der Waals surface area contributed by atoms with Gasteiger partial charge in [-0.1, -0.05) is 12.1 Å². The molecule has 1 aliphatic rings. The molecule has 0 N–H and O–H groups in total. The number of rotatable bonds is 3. The van der Waals surface area contributed by atoms with Gasteiger partial charge in [-0.3, -0.25) is 14.5 Å². The molecule has 2 rings (SSSR count).